The van der Waals surface area contributed by atoms with Gasteiger partial charge >= 0.3 is 7.12 Å². The SMILES string of the molecule is CC.CC.C\C=C/C=C(\C=C/C)OB(C)OC1=CCCCC=C1. The summed E-state index contributed by atoms with van der Waals surface area (Å²) in [6.07, 6.45) is 19.4. The number of rotatable bonds is 6. The average Bonchev–Trinajstić information content (AvgIpc) is 2.85. The van der Waals surface area contributed by atoms with Gasteiger partial charge in [0.1, 0.15) is 5.76 Å². The van der Waals surface area contributed by atoms with E-state index < -0.39 is 0 Å². The van der Waals surface area contributed by atoms with Gasteiger partial charge in [0.25, 0.3) is 0 Å². The van der Waals surface area contributed by atoms with E-state index in [4.69, 9.17) is 9.31 Å². The molecule has 1 aliphatic carbocycles. The van der Waals surface area contributed by atoms with Crippen molar-refractivity contribution in [3.8, 4) is 0 Å². The van der Waals surface area contributed by atoms with E-state index in [2.05, 4.69) is 12.2 Å². The van der Waals surface area contributed by atoms with Crippen LogP contribution < -0.4 is 0 Å². The summed E-state index contributed by atoms with van der Waals surface area (Å²) in [5.74, 6) is 1.70. The van der Waals surface area contributed by atoms with Gasteiger partial charge in [0.05, 0.1) is 5.76 Å². The molecule has 23 heavy (non-hydrogen) atoms. The predicted molar refractivity (Wildman–Crippen MR) is 105 cm³/mol. The first-order valence-electron chi connectivity index (χ1n) is 8.92. The third kappa shape index (κ3) is 13.7. The molecule has 3 heteroatoms. The van der Waals surface area contributed by atoms with Crippen molar-refractivity contribution in [1.29, 1.82) is 0 Å². The first-order valence-corrected chi connectivity index (χ1v) is 8.92. The Morgan fingerprint density at radius 3 is 2.39 bits per heavy atom. The summed E-state index contributed by atoms with van der Waals surface area (Å²) >= 11 is 0. The van der Waals surface area contributed by atoms with Crippen molar-refractivity contribution < 1.29 is 9.31 Å². The minimum Gasteiger partial charge on any atom is -0.526 e. The van der Waals surface area contributed by atoms with Gasteiger partial charge in [0, 0.05) is 0 Å². The second-order valence-electron chi connectivity index (χ2n) is 4.34. The monoisotopic (exact) mass is 318 g/mol. The molecule has 0 atom stereocenters. The molecule has 0 heterocycles. The molecule has 1 rings (SSSR count). The molecule has 0 amide bonds. The van der Waals surface area contributed by atoms with E-state index in [1.54, 1.807) is 0 Å². The Labute approximate surface area is 144 Å². The minimum absolute atomic E-state index is 0.304. The number of hydrogen-bond acceptors (Lipinski definition) is 2. The summed E-state index contributed by atoms with van der Waals surface area (Å²) in [5.41, 5.74) is 0. The molecule has 0 saturated carbocycles. The molecular formula is C20H35BO2. The Bertz CT molecular complexity index is 404. The lowest BCUT2D eigenvalue weighted by atomic mass is 9.94. The maximum Gasteiger partial charge on any atom is 0.591 e. The molecule has 0 aliphatic heterocycles. The first kappa shape index (κ1) is 23.6. The van der Waals surface area contributed by atoms with Gasteiger partial charge in [-0.25, -0.2) is 0 Å². The van der Waals surface area contributed by atoms with Gasteiger partial charge in [0.15, 0.2) is 0 Å². The highest BCUT2D eigenvalue weighted by molar-refractivity contribution is 6.43. The molecular weight excluding hydrogens is 283 g/mol. The standard InChI is InChI=1S/C16H23BO2.2C2H6/c1-4-6-12-15(11-5-2)18-17(3)19-16-13-9-7-8-10-14-16;2*1-2/h4-6,9,11-14H,7-8,10H2,1-3H3;2*1-2H3/b6-4-,11-5-,15-12+;;. The van der Waals surface area contributed by atoms with Crippen molar-refractivity contribution in [1.82, 2.24) is 0 Å². The largest absolute Gasteiger partial charge is 0.591 e. The molecule has 0 radical (unpaired) electrons. The number of allylic oxidation sites excluding steroid dienone is 8. The molecule has 1 aliphatic rings. The lowest BCUT2D eigenvalue weighted by Gasteiger charge is -2.14. The third-order valence-corrected chi connectivity index (χ3v) is 2.59. The van der Waals surface area contributed by atoms with E-state index in [-0.39, 0.29) is 7.12 Å². The Morgan fingerprint density at radius 2 is 1.78 bits per heavy atom. The van der Waals surface area contributed by atoms with Gasteiger partial charge in [-0.1, -0.05) is 52.0 Å². The summed E-state index contributed by atoms with van der Waals surface area (Å²) in [6, 6.07) is 0. The van der Waals surface area contributed by atoms with Crippen LogP contribution in [-0.4, -0.2) is 7.12 Å². The molecule has 0 saturated heterocycles. The highest BCUT2D eigenvalue weighted by Crippen LogP contribution is 2.14. The van der Waals surface area contributed by atoms with Gasteiger partial charge < -0.3 is 9.31 Å². The van der Waals surface area contributed by atoms with Crippen LogP contribution in [0.5, 0.6) is 0 Å². The molecule has 2 nitrogen and oxygen atoms in total. The molecule has 0 aromatic heterocycles. The molecule has 0 aromatic carbocycles. The molecule has 0 aromatic rings. The molecule has 0 spiro atoms. The zero-order valence-electron chi connectivity index (χ0n) is 16.1. The Balaban J connectivity index is 0. The fourth-order valence-corrected chi connectivity index (χ4v) is 1.73. The van der Waals surface area contributed by atoms with E-state index in [0.717, 1.165) is 24.4 Å². The zero-order valence-corrected chi connectivity index (χ0v) is 16.1. The highest BCUT2D eigenvalue weighted by atomic mass is 16.6. The van der Waals surface area contributed by atoms with Crippen LogP contribution in [0.25, 0.3) is 0 Å². The lowest BCUT2D eigenvalue weighted by molar-refractivity contribution is 0.315. The van der Waals surface area contributed by atoms with Crippen molar-refractivity contribution in [3.63, 3.8) is 0 Å². The highest BCUT2D eigenvalue weighted by Gasteiger charge is 2.16. The van der Waals surface area contributed by atoms with Crippen LogP contribution in [0.3, 0.4) is 0 Å². The van der Waals surface area contributed by atoms with E-state index in [1.165, 1.54) is 6.42 Å². The molecule has 0 bridgehead atoms. The van der Waals surface area contributed by atoms with Gasteiger partial charge in [-0.2, -0.15) is 0 Å². The van der Waals surface area contributed by atoms with Crippen molar-refractivity contribution >= 4 is 7.12 Å². The quantitative estimate of drug-likeness (QED) is 0.303. The second kappa shape index (κ2) is 18.4. The van der Waals surface area contributed by atoms with Crippen LogP contribution in [-0.2, 0) is 9.31 Å². The Hall–Kier alpha value is -1.64. The summed E-state index contributed by atoms with van der Waals surface area (Å²) in [5, 5.41) is 0. The van der Waals surface area contributed by atoms with Gasteiger partial charge in [-0.05, 0) is 64.2 Å². The smallest absolute Gasteiger partial charge is 0.526 e. The Kier molecular flexibility index (Phi) is 18.9. The first-order chi connectivity index (χ1) is 11.3. The summed E-state index contributed by atoms with van der Waals surface area (Å²) in [7, 11) is -0.304. The zero-order chi connectivity index (χ0) is 17.9. The van der Waals surface area contributed by atoms with Gasteiger partial charge in [-0.15, -0.1) is 0 Å². The van der Waals surface area contributed by atoms with Gasteiger partial charge in [0.2, 0.25) is 0 Å². The van der Waals surface area contributed by atoms with Crippen molar-refractivity contribution in [2.75, 3.05) is 0 Å². The van der Waals surface area contributed by atoms with Crippen molar-refractivity contribution in [2.24, 2.45) is 0 Å². The number of hydrogen-bond donors (Lipinski definition) is 0. The normalized spacial score (nSPS) is 14.2. The molecule has 130 valence electrons. The predicted octanol–water partition coefficient (Wildman–Crippen LogP) is 6.85. The van der Waals surface area contributed by atoms with Crippen molar-refractivity contribution in [2.45, 2.75) is 67.6 Å². The average molecular weight is 318 g/mol. The topological polar surface area (TPSA) is 18.5 Å². The maximum absolute atomic E-state index is 5.78. The van der Waals surface area contributed by atoms with Crippen LogP contribution in [0.2, 0.25) is 6.82 Å². The van der Waals surface area contributed by atoms with Gasteiger partial charge in [-0.3, -0.25) is 0 Å². The van der Waals surface area contributed by atoms with Crippen LogP contribution in [0.15, 0.2) is 60.1 Å². The van der Waals surface area contributed by atoms with E-state index in [0.29, 0.717) is 0 Å². The van der Waals surface area contributed by atoms with E-state index in [1.807, 2.05) is 84.8 Å². The van der Waals surface area contributed by atoms with Crippen LogP contribution in [0, 0.1) is 0 Å². The third-order valence-electron chi connectivity index (χ3n) is 2.59. The summed E-state index contributed by atoms with van der Waals surface area (Å²) < 4.78 is 11.5. The van der Waals surface area contributed by atoms with Crippen LogP contribution in [0.4, 0.5) is 0 Å². The molecule has 0 fully saturated rings. The maximum atomic E-state index is 5.78. The lowest BCUT2D eigenvalue weighted by Crippen LogP contribution is -2.17. The summed E-state index contributed by atoms with van der Waals surface area (Å²) in [6.45, 7) is 13.9. The minimum atomic E-state index is -0.304. The van der Waals surface area contributed by atoms with Crippen LogP contribution in [0.1, 0.15) is 60.8 Å². The van der Waals surface area contributed by atoms with Crippen molar-refractivity contribution in [3.05, 3.63) is 60.1 Å². The second-order valence-corrected chi connectivity index (χ2v) is 4.34. The Morgan fingerprint density at radius 1 is 1.09 bits per heavy atom. The fourth-order valence-electron chi connectivity index (χ4n) is 1.73. The molecule has 0 N–H and O–H groups in total. The van der Waals surface area contributed by atoms with E-state index >= 15 is 0 Å². The van der Waals surface area contributed by atoms with E-state index in [9.17, 15) is 0 Å². The molecule has 0 unspecified atom stereocenters. The fraction of sp³-hybridized carbons (Fsp3) is 0.500. The van der Waals surface area contributed by atoms with Crippen LogP contribution >= 0.6 is 0 Å². The summed E-state index contributed by atoms with van der Waals surface area (Å²) in [4.78, 5) is 0.